The molecule has 6 rings (SSSR count). The molecule has 0 aromatic heterocycles. The van der Waals surface area contributed by atoms with Crippen molar-refractivity contribution in [3.63, 3.8) is 0 Å². The van der Waals surface area contributed by atoms with Crippen molar-refractivity contribution in [3.8, 4) is 0 Å². The molecule has 0 unspecified atom stereocenters. The molecule has 0 amide bonds. The van der Waals surface area contributed by atoms with E-state index in [0.717, 1.165) is 4.90 Å². The summed E-state index contributed by atoms with van der Waals surface area (Å²) in [6, 6.07) is 42.4. The van der Waals surface area contributed by atoms with Crippen LogP contribution in [-0.2, 0) is 23.7 Å². The molecule has 0 spiro atoms. The van der Waals surface area contributed by atoms with Crippen molar-refractivity contribution in [2.24, 2.45) is 0 Å². The van der Waals surface area contributed by atoms with Crippen LogP contribution >= 0.6 is 11.8 Å². The third kappa shape index (κ3) is 8.65. The Kier molecular flexibility index (Phi) is 11.3. The monoisotopic (exact) mass is 688 g/mol. The van der Waals surface area contributed by atoms with Gasteiger partial charge in [0.25, 0.3) is 0 Å². The second kappa shape index (κ2) is 16.6. The quantitative estimate of drug-likeness (QED) is 0.0814. The number of carbonyl (C=O) groups excluding carboxylic acids is 4. The predicted molar refractivity (Wildman–Crippen MR) is 185 cm³/mol. The Balaban J connectivity index is 1.42. The molecule has 252 valence electrons. The maximum Gasteiger partial charge on any atom is 0.340 e. The molecule has 1 aliphatic heterocycles. The Morgan fingerprint density at radius 2 is 0.780 bits per heavy atom. The highest BCUT2D eigenvalue weighted by atomic mass is 32.2. The molecule has 1 aliphatic rings. The summed E-state index contributed by atoms with van der Waals surface area (Å²) >= 11 is 1.40. The first-order valence-electron chi connectivity index (χ1n) is 15.8. The highest BCUT2D eigenvalue weighted by Crippen LogP contribution is 2.34. The molecule has 10 heteroatoms. The van der Waals surface area contributed by atoms with Crippen LogP contribution < -0.4 is 0 Å². The van der Waals surface area contributed by atoms with Crippen LogP contribution in [0.3, 0.4) is 0 Å². The zero-order chi connectivity index (χ0) is 34.7. The zero-order valence-electron chi connectivity index (χ0n) is 26.6. The van der Waals surface area contributed by atoms with E-state index in [0.29, 0.717) is 0 Å². The first-order chi connectivity index (χ1) is 24.5. The summed E-state index contributed by atoms with van der Waals surface area (Å²) in [4.78, 5) is 55.2. The summed E-state index contributed by atoms with van der Waals surface area (Å²) in [5, 5.41) is 0. The fraction of sp³-hybridized carbons (Fsp3) is 0.150. The van der Waals surface area contributed by atoms with Crippen molar-refractivity contribution in [1.82, 2.24) is 0 Å². The molecule has 5 aromatic carbocycles. The Bertz CT molecular complexity index is 1870. The summed E-state index contributed by atoms with van der Waals surface area (Å²) in [7, 11) is 0. The Morgan fingerprint density at radius 3 is 1.20 bits per heavy atom. The molecule has 0 bridgehead atoms. The standard InChI is InChI=1S/C40H32O9S/c41-36(27-16-6-1-7-17-27)46-33-32(26-50-31-24-14-5-15-25-31)45-40(49-39(44)30-22-12-4-13-23-30)35(48-38(43)29-20-10-3-11-21-29)34(33)47-37(42)28-18-8-2-9-19-28/h1-25,32-35,40H,26H2/t32-,33+,34+,35-,40+/m1/s1. The summed E-state index contributed by atoms with van der Waals surface area (Å²) in [6.07, 6.45) is -6.94. The van der Waals surface area contributed by atoms with Gasteiger partial charge >= 0.3 is 23.9 Å². The van der Waals surface area contributed by atoms with Gasteiger partial charge in [-0.1, -0.05) is 91.0 Å². The zero-order valence-corrected chi connectivity index (χ0v) is 27.4. The predicted octanol–water partition coefficient (Wildman–Crippen LogP) is 7.04. The molecule has 50 heavy (non-hydrogen) atoms. The Labute approximate surface area is 293 Å². The lowest BCUT2D eigenvalue weighted by Crippen LogP contribution is -2.63. The molecule has 5 atom stereocenters. The minimum atomic E-state index is -1.57. The lowest BCUT2D eigenvalue weighted by molar-refractivity contribution is -0.273. The topological polar surface area (TPSA) is 114 Å². The second-order valence-corrected chi connectivity index (χ2v) is 12.2. The molecular weight excluding hydrogens is 656 g/mol. The normalized spacial score (nSPS) is 19.8. The number of thioether (sulfide) groups is 1. The highest BCUT2D eigenvalue weighted by molar-refractivity contribution is 7.99. The lowest BCUT2D eigenvalue weighted by atomic mass is 9.98. The third-order valence-electron chi connectivity index (χ3n) is 7.74. The van der Waals surface area contributed by atoms with E-state index in [-0.39, 0.29) is 28.0 Å². The summed E-state index contributed by atoms with van der Waals surface area (Å²) in [6.45, 7) is 0. The van der Waals surface area contributed by atoms with E-state index in [2.05, 4.69) is 0 Å². The van der Waals surface area contributed by atoms with E-state index in [1.807, 2.05) is 30.3 Å². The van der Waals surface area contributed by atoms with Crippen molar-refractivity contribution >= 4 is 35.6 Å². The number of benzene rings is 5. The number of hydrogen-bond donors (Lipinski definition) is 0. The molecule has 1 saturated heterocycles. The summed E-state index contributed by atoms with van der Waals surface area (Å²) < 4.78 is 30.5. The molecule has 0 radical (unpaired) electrons. The van der Waals surface area contributed by atoms with Crippen LogP contribution in [-0.4, -0.2) is 60.3 Å². The van der Waals surface area contributed by atoms with Crippen LogP contribution in [0.2, 0.25) is 0 Å². The highest BCUT2D eigenvalue weighted by Gasteiger charge is 2.54. The van der Waals surface area contributed by atoms with Gasteiger partial charge < -0.3 is 23.7 Å². The maximum atomic E-state index is 13.7. The van der Waals surface area contributed by atoms with Crippen LogP contribution in [0.4, 0.5) is 0 Å². The van der Waals surface area contributed by atoms with Crippen LogP contribution in [0.25, 0.3) is 0 Å². The van der Waals surface area contributed by atoms with Gasteiger partial charge in [0.05, 0.1) is 22.3 Å². The number of hydrogen-bond acceptors (Lipinski definition) is 10. The van der Waals surface area contributed by atoms with Gasteiger partial charge in [0.2, 0.25) is 12.4 Å². The first kappa shape index (κ1) is 34.2. The molecule has 1 heterocycles. The van der Waals surface area contributed by atoms with Crippen LogP contribution in [0.1, 0.15) is 41.4 Å². The van der Waals surface area contributed by atoms with Gasteiger partial charge in [0, 0.05) is 10.6 Å². The van der Waals surface area contributed by atoms with Crippen molar-refractivity contribution in [2.45, 2.75) is 35.6 Å². The van der Waals surface area contributed by atoms with Gasteiger partial charge in [-0.25, -0.2) is 19.2 Å². The van der Waals surface area contributed by atoms with Gasteiger partial charge in [-0.15, -0.1) is 11.8 Å². The average molecular weight is 689 g/mol. The van der Waals surface area contributed by atoms with Crippen molar-refractivity contribution < 1.29 is 42.9 Å². The molecular formula is C40H32O9S. The fourth-order valence-corrected chi connectivity index (χ4v) is 6.22. The van der Waals surface area contributed by atoms with Gasteiger partial charge in [0.1, 0.15) is 6.10 Å². The third-order valence-corrected chi connectivity index (χ3v) is 8.84. The van der Waals surface area contributed by atoms with Crippen LogP contribution in [0.15, 0.2) is 157 Å². The van der Waals surface area contributed by atoms with E-state index in [1.165, 1.54) is 11.8 Å². The summed E-state index contributed by atoms with van der Waals surface area (Å²) in [5.74, 6) is -2.89. The van der Waals surface area contributed by atoms with E-state index >= 15 is 0 Å². The number of carbonyl (C=O) groups is 4. The number of ether oxygens (including phenoxy) is 5. The minimum absolute atomic E-state index is 0.175. The van der Waals surface area contributed by atoms with Gasteiger partial charge in [-0.2, -0.15) is 0 Å². The van der Waals surface area contributed by atoms with Gasteiger partial charge in [-0.05, 0) is 60.7 Å². The number of rotatable bonds is 11. The smallest absolute Gasteiger partial charge is 0.340 e. The maximum absolute atomic E-state index is 13.7. The molecule has 0 saturated carbocycles. The molecule has 0 aliphatic carbocycles. The lowest BCUT2D eigenvalue weighted by Gasteiger charge is -2.44. The van der Waals surface area contributed by atoms with Crippen LogP contribution in [0, 0.1) is 0 Å². The van der Waals surface area contributed by atoms with Gasteiger partial charge in [-0.3, -0.25) is 0 Å². The number of esters is 4. The largest absolute Gasteiger partial charge is 0.452 e. The Morgan fingerprint density at radius 1 is 0.440 bits per heavy atom. The van der Waals surface area contributed by atoms with Crippen molar-refractivity contribution in [2.75, 3.05) is 5.75 Å². The Hall–Kier alpha value is -5.71. The van der Waals surface area contributed by atoms with E-state index in [4.69, 9.17) is 23.7 Å². The molecule has 9 nitrogen and oxygen atoms in total. The minimum Gasteiger partial charge on any atom is -0.452 e. The molecule has 1 fully saturated rings. The van der Waals surface area contributed by atoms with Crippen molar-refractivity contribution in [1.29, 1.82) is 0 Å². The van der Waals surface area contributed by atoms with E-state index < -0.39 is 54.6 Å². The van der Waals surface area contributed by atoms with E-state index in [1.54, 1.807) is 121 Å². The fourth-order valence-electron chi connectivity index (χ4n) is 5.25. The summed E-state index contributed by atoms with van der Waals surface area (Å²) in [5.41, 5.74) is 0.849. The van der Waals surface area contributed by atoms with E-state index in [9.17, 15) is 19.2 Å². The average Bonchev–Trinajstić information content (AvgIpc) is 3.17. The van der Waals surface area contributed by atoms with Crippen molar-refractivity contribution in [3.05, 3.63) is 174 Å². The SMILES string of the molecule is O=C(O[C@@H]1O[C@H](CSc2ccccc2)[C@H](OC(=O)c2ccccc2)[C@H](OC(=O)c2ccccc2)[C@H]1OC(=O)c1ccccc1)c1ccccc1. The first-order valence-corrected chi connectivity index (χ1v) is 16.8. The molecule has 5 aromatic rings. The molecule has 0 N–H and O–H groups in total. The van der Waals surface area contributed by atoms with Crippen LogP contribution in [0.5, 0.6) is 0 Å². The van der Waals surface area contributed by atoms with Gasteiger partial charge in [0.15, 0.2) is 12.2 Å². The second-order valence-electron chi connectivity index (χ2n) is 11.1.